The molecule has 1 aromatic rings. The highest BCUT2D eigenvalue weighted by molar-refractivity contribution is 5.24. The quantitative estimate of drug-likeness (QED) is 0.849. The maximum Gasteiger partial charge on any atom is 0.0948 e. The summed E-state index contributed by atoms with van der Waals surface area (Å²) in [6, 6.07) is 10.6. The van der Waals surface area contributed by atoms with Crippen LogP contribution in [0.2, 0.25) is 0 Å². The van der Waals surface area contributed by atoms with E-state index >= 15 is 0 Å². The minimum atomic E-state index is -0.660. The van der Waals surface area contributed by atoms with Gasteiger partial charge in [-0.15, -0.1) is 0 Å². The predicted octanol–water partition coefficient (Wildman–Crippen LogP) is 2.62. The highest BCUT2D eigenvalue weighted by Gasteiger charge is 2.42. The van der Waals surface area contributed by atoms with Gasteiger partial charge in [-0.25, -0.2) is 0 Å². The van der Waals surface area contributed by atoms with Crippen molar-refractivity contribution in [1.29, 1.82) is 0 Å². The largest absolute Gasteiger partial charge is 0.385 e. The van der Waals surface area contributed by atoms with Crippen molar-refractivity contribution in [3.63, 3.8) is 0 Å². The second-order valence-corrected chi connectivity index (χ2v) is 5.33. The third-order valence-corrected chi connectivity index (χ3v) is 4.23. The van der Waals surface area contributed by atoms with E-state index in [4.69, 9.17) is 0 Å². The second kappa shape index (κ2) is 4.79. The molecule has 2 heteroatoms. The molecule has 1 aliphatic rings. The van der Waals surface area contributed by atoms with Gasteiger partial charge in [0.25, 0.3) is 0 Å². The molecule has 0 aliphatic carbocycles. The van der Waals surface area contributed by atoms with Crippen molar-refractivity contribution in [3.05, 3.63) is 35.9 Å². The third-order valence-electron chi connectivity index (χ3n) is 4.23. The van der Waals surface area contributed by atoms with Gasteiger partial charge in [-0.1, -0.05) is 44.2 Å². The molecule has 0 aromatic heterocycles. The highest BCUT2D eigenvalue weighted by atomic mass is 16.3. The van der Waals surface area contributed by atoms with Crippen molar-refractivity contribution in [2.75, 3.05) is 13.1 Å². The minimum absolute atomic E-state index is 0.279. The smallest absolute Gasteiger partial charge is 0.0948 e. The number of benzene rings is 1. The lowest BCUT2D eigenvalue weighted by molar-refractivity contribution is -0.0892. The van der Waals surface area contributed by atoms with Crippen LogP contribution in [-0.2, 0) is 5.60 Å². The van der Waals surface area contributed by atoms with Crippen molar-refractivity contribution >= 4 is 0 Å². The molecule has 1 fully saturated rings. The first-order chi connectivity index (χ1) is 8.08. The van der Waals surface area contributed by atoms with Crippen LogP contribution >= 0.6 is 0 Å². The van der Waals surface area contributed by atoms with Gasteiger partial charge in [-0.2, -0.15) is 0 Å². The maximum absolute atomic E-state index is 11.0. The van der Waals surface area contributed by atoms with Crippen LogP contribution in [0.1, 0.15) is 32.8 Å². The summed E-state index contributed by atoms with van der Waals surface area (Å²) in [7, 11) is 0. The van der Waals surface area contributed by atoms with Crippen LogP contribution in [0.5, 0.6) is 0 Å². The molecular weight excluding hydrogens is 210 g/mol. The number of hydrogen-bond acceptors (Lipinski definition) is 2. The molecule has 0 bridgehead atoms. The summed E-state index contributed by atoms with van der Waals surface area (Å²) in [6.07, 6.45) is 0.825. The van der Waals surface area contributed by atoms with Gasteiger partial charge in [0.15, 0.2) is 0 Å². The Morgan fingerprint density at radius 2 is 1.94 bits per heavy atom. The standard InChI is InChI=1S/C15H23NO/c1-4-16-11-12(2)15(17,10-13(16)3)14-8-6-5-7-9-14/h5-9,12-13,17H,4,10-11H2,1-3H3/t12-,13-,15+/m0/s1. The SMILES string of the molecule is CCN1C[C@H](C)[C@@](O)(c2ccccc2)C[C@@H]1C. The Labute approximate surface area is 104 Å². The number of rotatable bonds is 2. The van der Waals surface area contributed by atoms with Gasteiger partial charge in [0.05, 0.1) is 5.60 Å². The van der Waals surface area contributed by atoms with Crippen molar-refractivity contribution < 1.29 is 5.11 Å². The lowest BCUT2D eigenvalue weighted by Crippen LogP contribution is -2.52. The highest BCUT2D eigenvalue weighted by Crippen LogP contribution is 2.39. The van der Waals surface area contributed by atoms with Gasteiger partial charge in [0, 0.05) is 18.5 Å². The first kappa shape index (κ1) is 12.6. The summed E-state index contributed by atoms with van der Waals surface area (Å²) in [5.74, 6) is 0.279. The molecule has 1 aromatic carbocycles. The van der Waals surface area contributed by atoms with Gasteiger partial charge in [0.1, 0.15) is 0 Å². The summed E-state index contributed by atoms with van der Waals surface area (Å²) in [4.78, 5) is 2.45. The van der Waals surface area contributed by atoms with Crippen LogP contribution in [0.25, 0.3) is 0 Å². The first-order valence-corrected chi connectivity index (χ1v) is 6.60. The molecule has 2 rings (SSSR count). The number of likely N-dealkylation sites (tertiary alicyclic amines) is 1. The molecule has 17 heavy (non-hydrogen) atoms. The van der Waals surface area contributed by atoms with E-state index in [1.54, 1.807) is 0 Å². The van der Waals surface area contributed by atoms with Crippen LogP contribution in [0, 0.1) is 5.92 Å². The number of piperidine rings is 1. The van der Waals surface area contributed by atoms with Crippen molar-refractivity contribution in [2.45, 2.75) is 38.8 Å². The summed E-state index contributed by atoms with van der Waals surface area (Å²) in [5, 5.41) is 11.0. The predicted molar refractivity (Wildman–Crippen MR) is 70.8 cm³/mol. The summed E-state index contributed by atoms with van der Waals surface area (Å²) in [6.45, 7) is 8.60. The van der Waals surface area contributed by atoms with E-state index in [1.807, 2.05) is 30.3 Å². The monoisotopic (exact) mass is 233 g/mol. The summed E-state index contributed by atoms with van der Waals surface area (Å²) >= 11 is 0. The molecule has 2 nitrogen and oxygen atoms in total. The fourth-order valence-electron chi connectivity index (χ4n) is 3.03. The van der Waals surface area contributed by atoms with Crippen LogP contribution in [0.15, 0.2) is 30.3 Å². The topological polar surface area (TPSA) is 23.5 Å². The van der Waals surface area contributed by atoms with E-state index in [-0.39, 0.29) is 5.92 Å². The average molecular weight is 233 g/mol. The molecule has 1 aliphatic heterocycles. The maximum atomic E-state index is 11.0. The lowest BCUT2D eigenvalue weighted by atomic mass is 9.74. The third kappa shape index (κ3) is 2.24. The molecule has 1 N–H and O–H groups in total. The molecule has 3 atom stereocenters. The van der Waals surface area contributed by atoms with Gasteiger partial charge in [-0.05, 0) is 25.5 Å². The molecule has 0 spiro atoms. The Morgan fingerprint density at radius 3 is 2.53 bits per heavy atom. The summed E-state index contributed by atoms with van der Waals surface area (Å²) < 4.78 is 0. The number of hydrogen-bond donors (Lipinski definition) is 1. The van der Waals surface area contributed by atoms with Crippen molar-refractivity contribution in [3.8, 4) is 0 Å². The van der Waals surface area contributed by atoms with Crippen LogP contribution < -0.4 is 0 Å². The summed E-state index contributed by atoms with van der Waals surface area (Å²) in [5.41, 5.74) is 0.405. The van der Waals surface area contributed by atoms with E-state index in [0.717, 1.165) is 25.1 Å². The molecule has 0 unspecified atom stereocenters. The number of nitrogens with zero attached hydrogens (tertiary/aromatic N) is 1. The Balaban J connectivity index is 2.26. The van der Waals surface area contributed by atoms with Gasteiger partial charge in [-0.3, -0.25) is 0 Å². The van der Waals surface area contributed by atoms with Crippen LogP contribution in [0.3, 0.4) is 0 Å². The van der Waals surface area contributed by atoms with Crippen molar-refractivity contribution in [2.24, 2.45) is 5.92 Å². The fourth-order valence-corrected chi connectivity index (χ4v) is 3.03. The number of aliphatic hydroxyl groups is 1. The zero-order valence-electron chi connectivity index (χ0n) is 11.1. The van der Waals surface area contributed by atoms with Gasteiger partial charge in [0.2, 0.25) is 0 Å². The lowest BCUT2D eigenvalue weighted by Gasteiger charge is -2.47. The minimum Gasteiger partial charge on any atom is -0.385 e. The molecular formula is C15H23NO. The molecule has 1 heterocycles. The van der Waals surface area contributed by atoms with E-state index in [0.29, 0.717) is 6.04 Å². The Kier molecular flexibility index (Phi) is 3.55. The molecule has 0 amide bonds. The normalized spacial score (nSPS) is 34.8. The second-order valence-electron chi connectivity index (χ2n) is 5.33. The Bertz CT molecular complexity index is 364. The zero-order valence-corrected chi connectivity index (χ0v) is 11.1. The van der Waals surface area contributed by atoms with E-state index in [1.165, 1.54) is 0 Å². The first-order valence-electron chi connectivity index (χ1n) is 6.60. The molecule has 0 radical (unpaired) electrons. The van der Waals surface area contributed by atoms with Gasteiger partial charge >= 0.3 is 0 Å². The van der Waals surface area contributed by atoms with Gasteiger partial charge < -0.3 is 10.0 Å². The molecule has 94 valence electrons. The van der Waals surface area contributed by atoms with E-state index in [2.05, 4.69) is 25.7 Å². The zero-order chi connectivity index (χ0) is 12.5. The average Bonchev–Trinajstić information content (AvgIpc) is 2.35. The molecule has 0 saturated carbocycles. The van der Waals surface area contributed by atoms with Crippen molar-refractivity contribution in [1.82, 2.24) is 4.90 Å². The fraction of sp³-hybridized carbons (Fsp3) is 0.600. The Hall–Kier alpha value is -0.860. The van der Waals surface area contributed by atoms with Crippen LogP contribution in [-0.4, -0.2) is 29.1 Å². The Morgan fingerprint density at radius 1 is 1.29 bits per heavy atom. The van der Waals surface area contributed by atoms with E-state index in [9.17, 15) is 5.11 Å². The van der Waals surface area contributed by atoms with E-state index < -0.39 is 5.60 Å². The van der Waals surface area contributed by atoms with Crippen LogP contribution in [0.4, 0.5) is 0 Å². The molecule has 1 saturated heterocycles.